The molecule has 0 spiro atoms. The number of aryl methyl sites for hydroxylation is 2. The van der Waals surface area contributed by atoms with Crippen LogP contribution in [0.5, 0.6) is 0 Å². The zero-order valence-electron chi connectivity index (χ0n) is 10.8. The summed E-state index contributed by atoms with van der Waals surface area (Å²) in [7, 11) is -1.78. The van der Waals surface area contributed by atoms with Crippen LogP contribution in [0.1, 0.15) is 11.4 Å². The lowest BCUT2D eigenvalue weighted by Gasteiger charge is -2.10. The third kappa shape index (κ3) is 2.94. The highest BCUT2D eigenvalue weighted by atomic mass is 32.2. The molecule has 0 fully saturated rings. The molecule has 102 valence electrons. The van der Waals surface area contributed by atoms with E-state index >= 15 is 0 Å². The summed E-state index contributed by atoms with van der Waals surface area (Å²) in [6.45, 7) is 1.87. The number of anilines is 1. The molecule has 19 heavy (non-hydrogen) atoms. The van der Waals surface area contributed by atoms with Gasteiger partial charge in [0.15, 0.2) is 0 Å². The maximum atomic E-state index is 12.2. The van der Waals surface area contributed by atoms with Crippen molar-refractivity contribution in [3.63, 3.8) is 0 Å². The van der Waals surface area contributed by atoms with Crippen LogP contribution in [-0.2, 0) is 23.6 Å². The fraction of sp³-hybridized carbons (Fsp3) is 0.250. The Morgan fingerprint density at radius 3 is 2.79 bits per heavy atom. The Balaban J connectivity index is 2.23. The number of hydrogen-bond donors (Lipinski definition) is 2. The Morgan fingerprint density at radius 1 is 1.42 bits per heavy atom. The number of sulfonamides is 1. The summed E-state index contributed by atoms with van der Waals surface area (Å²) in [4.78, 5) is 4.26. The SMILES string of the molecule is Cc1ccc(N)cc1S(=O)(=O)NCc1nccn1C. The fourth-order valence-corrected chi connectivity index (χ4v) is 2.97. The van der Waals surface area contributed by atoms with Crippen LogP contribution < -0.4 is 10.5 Å². The van der Waals surface area contributed by atoms with Gasteiger partial charge in [-0.1, -0.05) is 6.07 Å². The van der Waals surface area contributed by atoms with Gasteiger partial charge in [0, 0.05) is 25.1 Å². The van der Waals surface area contributed by atoms with Crippen molar-refractivity contribution in [2.75, 3.05) is 5.73 Å². The second-order valence-corrected chi connectivity index (χ2v) is 6.04. The Labute approximate surface area is 112 Å². The summed E-state index contributed by atoms with van der Waals surface area (Å²) in [5, 5.41) is 0. The number of hydrogen-bond acceptors (Lipinski definition) is 4. The summed E-state index contributed by atoms with van der Waals surface area (Å²) in [5.74, 6) is 0.644. The van der Waals surface area contributed by atoms with Gasteiger partial charge in [-0.3, -0.25) is 0 Å². The normalized spacial score (nSPS) is 11.7. The lowest BCUT2D eigenvalue weighted by Crippen LogP contribution is -2.25. The minimum atomic E-state index is -3.59. The van der Waals surface area contributed by atoms with E-state index in [1.807, 2.05) is 7.05 Å². The summed E-state index contributed by atoms with van der Waals surface area (Å²) in [6, 6.07) is 4.81. The maximum absolute atomic E-state index is 12.2. The first-order valence-electron chi connectivity index (χ1n) is 5.72. The van der Waals surface area contributed by atoms with E-state index in [1.54, 1.807) is 36.0 Å². The maximum Gasteiger partial charge on any atom is 0.241 e. The molecule has 1 aromatic heterocycles. The Bertz CT molecular complexity index is 692. The van der Waals surface area contributed by atoms with Crippen molar-refractivity contribution in [3.05, 3.63) is 42.0 Å². The highest BCUT2D eigenvalue weighted by molar-refractivity contribution is 7.89. The standard InChI is InChI=1S/C12H16N4O2S/c1-9-3-4-10(13)7-11(9)19(17,18)15-8-12-14-5-6-16(12)2/h3-7,15H,8,13H2,1-2H3. The van der Waals surface area contributed by atoms with Crippen LogP contribution in [0, 0.1) is 6.92 Å². The van der Waals surface area contributed by atoms with Gasteiger partial charge in [-0.15, -0.1) is 0 Å². The quantitative estimate of drug-likeness (QED) is 0.810. The highest BCUT2D eigenvalue weighted by Gasteiger charge is 2.17. The molecule has 0 aliphatic rings. The number of nitrogen functional groups attached to an aromatic ring is 1. The molecule has 2 aromatic rings. The van der Waals surface area contributed by atoms with E-state index in [9.17, 15) is 8.42 Å². The van der Waals surface area contributed by atoms with Crippen LogP contribution in [0.15, 0.2) is 35.5 Å². The fourth-order valence-electron chi connectivity index (χ4n) is 1.71. The molecule has 0 bridgehead atoms. The zero-order valence-corrected chi connectivity index (χ0v) is 11.6. The molecular formula is C12H16N4O2S. The van der Waals surface area contributed by atoms with E-state index in [-0.39, 0.29) is 11.4 Å². The minimum Gasteiger partial charge on any atom is -0.399 e. The van der Waals surface area contributed by atoms with Crippen molar-refractivity contribution in [1.29, 1.82) is 0 Å². The van der Waals surface area contributed by atoms with Crippen molar-refractivity contribution in [2.45, 2.75) is 18.4 Å². The van der Waals surface area contributed by atoms with Crippen molar-refractivity contribution in [1.82, 2.24) is 14.3 Å². The van der Waals surface area contributed by atoms with Gasteiger partial charge in [0.25, 0.3) is 0 Å². The van der Waals surface area contributed by atoms with Crippen LogP contribution in [-0.4, -0.2) is 18.0 Å². The average molecular weight is 280 g/mol. The van der Waals surface area contributed by atoms with Gasteiger partial charge in [-0.25, -0.2) is 18.1 Å². The van der Waals surface area contributed by atoms with Gasteiger partial charge in [0.05, 0.1) is 11.4 Å². The molecule has 1 heterocycles. The molecule has 0 saturated carbocycles. The van der Waals surface area contributed by atoms with Crippen LogP contribution >= 0.6 is 0 Å². The predicted octanol–water partition coefficient (Wildman–Crippen LogP) is 0.789. The van der Waals surface area contributed by atoms with E-state index in [0.29, 0.717) is 17.1 Å². The molecule has 0 aliphatic heterocycles. The van der Waals surface area contributed by atoms with Crippen LogP contribution in [0.4, 0.5) is 5.69 Å². The van der Waals surface area contributed by atoms with Crippen molar-refractivity contribution < 1.29 is 8.42 Å². The first-order valence-corrected chi connectivity index (χ1v) is 7.20. The Morgan fingerprint density at radius 2 is 2.16 bits per heavy atom. The van der Waals surface area contributed by atoms with Gasteiger partial charge in [-0.2, -0.15) is 0 Å². The van der Waals surface area contributed by atoms with E-state index in [4.69, 9.17) is 5.73 Å². The summed E-state index contributed by atoms with van der Waals surface area (Å²) in [6.07, 6.45) is 3.38. The molecule has 2 rings (SSSR count). The highest BCUT2D eigenvalue weighted by Crippen LogP contribution is 2.18. The molecule has 1 aromatic carbocycles. The van der Waals surface area contributed by atoms with Crippen molar-refractivity contribution >= 4 is 15.7 Å². The number of nitrogens with zero attached hydrogens (tertiary/aromatic N) is 2. The molecule has 3 N–H and O–H groups in total. The average Bonchev–Trinajstić information content (AvgIpc) is 2.75. The van der Waals surface area contributed by atoms with E-state index in [1.165, 1.54) is 6.07 Å². The largest absolute Gasteiger partial charge is 0.399 e. The smallest absolute Gasteiger partial charge is 0.241 e. The predicted molar refractivity (Wildman–Crippen MR) is 72.8 cm³/mol. The minimum absolute atomic E-state index is 0.139. The van der Waals surface area contributed by atoms with Gasteiger partial charge < -0.3 is 10.3 Å². The lowest BCUT2D eigenvalue weighted by atomic mass is 10.2. The third-order valence-electron chi connectivity index (χ3n) is 2.84. The van der Waals surface area contributed by atoms with Gasteiger partial charge >= 0.3 is 0 Å². The van der Waals surface area contributed by atoms with Crippen LogP contribution in [0.25, 0.3) is 0 Å². The lowest BCUT2D eigenvalue weighted by molar-refractivity contribution is 0.577. The second-order valence-electron chi connectivity index (χ2n) is 4.30. The van der Waals surface area contributed by atoms with Crippen LogP contribution in [0.3, 0.4) is 0 Å². The summed E-state index contributed by atoms with van der Waals surface area (Å²) < 4.78 is 28.7. The molecule has 0 aliphatic carbocycles. The Hall–Kier alpha value is -1.86. The summed E-state index contributed by atoms with van der Waals surface area (Å²) in [5.41, 5.74) is 6.70. The summed E-state index contributed by atoms with van der Waals surface area (Å²) >= 11 is 0. The number of aromatic nitrogens is 2. The molecule has 0 unspecified atom stereocenters. The third-order valence-corrected chi connectivity index (χ3v) is 4.39. The van der Waals surface area contributed by atoms with Gasteiger partial charge in [0.2, 0.25) is 10.0 Å². The van der Waals surface area contributed by atoms with Crippen molar-refractivity contribution in [3.8, 4) is 0 Å². The molecule has 0 amide bonds. The Kier molecular flexibility index (Phi) is 3.59. The number of imidazole rings is 1. The van der Waals surface area contributed by atoms with Crippen LogP contribution in [0.2, 0.25) is 0 Å². The molecule has 0 saturated heterocycles. The number of nitrogens with one attached hydrogen (secondary N) is 1. The molecule has 0 atom stereocenters. The number of rotatable bonds is 4. The second kappa shape index (κ2) is 5.02. The van der Waals surface area contributed by atoms with Gasteiger partial charge in [0.1, 0.15) is 5.82 Å². The molecule has 0 radical (unpaired) electrons. The number of nitrogens with two attached hydrogens (primary N) is 1. The van der Waals surface area contributed by atoms with E-state index in [0.717, 1.165) is 0 Å². The molecule has 7 heteroatoms. The van der Waals surface area contributed by atoms with Crippen molar-refractivity contribution in [2.24, 2.45) is 7.05 Å². The number of benzene rings is 1. The molecule has 6 nitrogen and oxygen atoms in total. The topological polar surface area (TPSA) is 90.0 Å². The first-order chi connectivity index (χ1) is 8.90. The first kappa shape index (κ1) is 13.6. The molecular weight excluding hydrogens is 264 g/mol. The monoisotopic (exact) mass is 280 g/mol. The van der Waals surface area contributed by atoms with E-state index < -0.39 is 10.0 Å². The zero-order chi connectivity index (χ0) is 14.0. The van der Waals surface area contributed by atoms with E-state index in [2.05, 4.69) is 9.71 Å². The van der Waals surface area contributed by atoms with Gasteiger partial charge in [-0.05, 0) is 24.6 Å².